The lowest BCUT2D eigenvalue weighted by Gasteiger charge is -2.22. The van der Waals surface area contributed by atoms with Gasteiger partial charge in [-0.25, -0.2) is 0 Å². The largest absolute Gasteiger partial charge is 0.393 e. The van der Waals surface area contributed by atoms with E-state index < -0.39 is 0 Å². The first-order valence-corrected chi connectivity index (χ1v) is 8.08. The molecule has 0 bridgehead atoms. The van der Waals surface area contributed by atoms with E-state index in [4.69, 9.17) is 18.0 Å². The Morgan fingerprint density at radius 2 is 1.95 bits per heavy atom. The van der Waals surface area contributed by atoms with Crippen LogP contribution in [0, 0.1) is 5.92 Å². The van der Waals surface area contributed by atoms with Gasteiger partial charge in [-0.05, 0) is 30.7 Å². The van der Waals surface area contributed by atoms with Gasteiger partial charge in [-0.1, -0.05) is 62.8 Å². The van der Waals surface area contributed by atoms with E-state index in [1.165, 1.54) is 0 Å². The van der Waals surface area contributed by atoms with Crippen LogP contribution in [0.1, 0.15) is 51.0 Å². The fourth-order valence-electron chi connectivity index (χ4n) is 2.38. The van der Waals surface area contributed by atoms with Crippen molar-refractivity contribution in [2.45, 2.75) is 45.4 Å². The molecular formula is C17H26N2OS. The van der Waals surface area contributed by atoms with Gasteiger partial charge >= 0.3 is 0 Å². The number of unbranched alkanes of at least 4 members (excludes halogenated alkanes) is 1. The number of thiocarbonyl (C=S) groups is 1. The van der Waals surface area contributed by atoms with Crippen LogP contribution in [0.3, 0.4) is 0 Å². The highest BCUT2D eigenvalue weighted by molar-refractivity contribution is 7.80. The van der Waals surface area contributed by atoms with Gasteiger partial charge in [0.2, 0.25) is 5.91 Å². The highest BCUT2D eigenvalue weighted by atomic mass is 32.1. The maximum atomic E-state index is 12.5. The van der Waals surface area contributed by atoms with Crippen LogP contribution in [0.4, 0.5) is 0 Å². The number of rotatable bonds is 9. The second-order valence-corrected chi connectivity index (χ2v) is 6.01. The minimum Gasteiger partial charge on any atom is -0.393 e. The molecular weight excluding hydrogens is 280 g/mol. The van der Waals surface area contributed by atoms with Crippen molar-refractivity contribution in [1.82, 2.24) is 5.32 Å². The first kappa shape index (κ1) is 17.6. The monoisotopic (exact) mass is 306 g/mol. The normalized spacial score (nSPS) is 13.4. The van der Waals surface area contributed by atoms with Crippen LogP contribution in [0.15, 0.2) is 30.3 Å². The second-order valence-electron chi connectivity index (χ2n) is 5.49. The van der Waals surface area contributed by atoms with Crippen LogP contribution in [-0.4, -0.2) is 17.4 Å². The summed E-state index contributed by atoms with van der Waals surface area (Å²) in [5.41, 5.74) is 6.55. The Morgan fingerprint density at radius 3 is 2.52 bits per heavy atom. The third-order valence-electron chi connectivity index (χ3n) is 3.80. The molecule has 21 heavy (non-hydrogen) atoms. The van der Waals surface area contributed by atoms with Crippen LogP contribution in [-0.2, 0) is 4.79 Å². The Bertz CT molecular complexity index is 447. The molecule has 0 aliphatic rings. The van der Waals surface area contributed by atoms with Gasteiger partial charge in [-0.2, -0.15) is 0 Å². The second kappa shape index (κ2) is 9.50. The lowest BCUT2D eigenvalue weighted by molar-refractivity contribution is -0.123. The van der Waals surface area contributed by atoms with Crippen LogP contribution < -0.4 is 11.1 Å². The van der Waals surface area contributed by atoms with Crippen molar-refractivity contribution in [2.24, 2.45) is 11.7 Å². The summed E-state index contributed by atoms with van der Waals surface area (Å²) < 4.78 is 0. The lowest BCUT2D eigenvalue weighted by atomic mass is 9.85. The van der Waals surface area contributed by atoms with E-state index in [-0.39, 0.29) is 11.8 Å². The number of amides is 1. The number of carbonyl (C=O) groups is 1. The van der Waals surface area contributed by atoms with Crippen LogP contribution in [0.25, 0.3) is 0 Å². The van der Waals surface area contributed by atoms with E-state index in [2.05, 4.69) is 19.2 Å². The van der Waals surface area contributed by atoms with Crippen molar-refractivity contribution >= 4 is 23.1 Å². The van der Waals surface area contributed by atoms with Crippen LogP contribution in [0.2, 0.25) is 0 Å². The molecule has 1 rings (SSSR count). The fourth-order valence-corrected chi connectivity index (χ4v) is 2.52. The highest BCUT2D eigenvalue weighted by Gasteiger charge is 2.25. The van der Waals surface area contributed by atoms with Gasteiger partial charge in [-0.3, -0.25) is 4.79 Å². The molecule has 1 aromatic carbocycles. The van der Waals surface area contributed by atoms with Crippen molar-refractivity contribution in [3.05, 3.63) is 35.9 Å². The quantitative estimate of drug-likeness (QED) is 0.543. The molecule has 1 aromatic rings. The summed E-state index contributed by atoms with van der Waals surface area (Å²) in [7, 11) is 0. The molecule has 0 spiro atoms. The number of benzene rings is 1. The van der Waals surface area contributed by atoms with Crippen molar-refractivity contribution in [1.29, 1.82) is 0 Å². The molecule has 2 unspecified atom stereocenters. The summed E-state index contributed by atoms with van der Waals surface area (Å²) in [5, 5.41) is 3.05. The molecule has 0 saturated heterocycles. The van der Waals surface area contributed by atoms with Crippen molar-refractivity contribution in [3.63, 3.8) is 0 Å². The number of nitrogens with one attached hydrogen (secondary N) is 1. The molecule has 2 atom stereocenters. The van der Waals surface area contributed by atoms with Crippen molar-refractivity contribution in [3.8, 4) is 0 Å². The molecule has 0 aliphatic heterocycles. The van der Waals surface area contributed by atoms with Gasteiger partial charge in [0.05, 0.1) is 10.9 Å². The van der Waals surface area contributed by atoms with Gasteiger partial charge in [0.25, 0.3) is 0 Å². The van der Waals surface area contributed by atoms with Gasteiger partial charge < -0.3 is 11.1 Å². The van der Waals surface area contributed by atoms with Crippen LogP contribution in [0.5, 0.6) is 0 Å². The maximum Gasteiger partial charge on any atom is 0.227 e. The SMILES string of the molecule is CCC(C)C(C(=O)NCCCCC(N)=S)c1ccccc1. The Balaban J connectivity index is 2.55. The van der Waals surface area contributed by atoms with Crippen LogP contribution >= 0.6 is 12.2 Å². The van der Waals surface area contributed by atoms with E-state index >= 15 is 0 Å². The Labute approximate surface area is 133 Å². The smallest absolute Gasteiger partial charge is 0.227 e. The predicted molar refractivity (Wildman–Crippen MR) is 92.3 cm³/mol. The highest BCUT2D eigenvalue weighted by Crippen LogP contribution is 2.27. The number of nitrogens with two attached hydrogens (primary N) is 1. The third-order valence-corrected chi connectivity index (χ3v) is 4.01. The molecule has 0 saturated carbocycles. The first-order chi connectivity index (χ1) is 10.1. The summed E-state index contributed by atoms with van der Waals surface area (Å²) in [4.78, 5) is 13.0. The average Bonchev–Trinajstić information content (AvgIpc) is 2.47. The summed E-state index contributed by atoms with van der Waals surface area (Å²) in [6.45, 7) is 4.93. The minimum atomic E-state index is -0.0771. The Hall–Kier alpha value is -1.42. The summed E-state index contributed by atoms with van der Waals surface area (Å²) >= 11 is 4.84. The van der Waals surface area contributed by atoms with Gasteiger partial charge in [-0.15, -0.1) is 0 Å². The summed E-state index contributed by atoms with van der Waals surface area (Å²) in [6.07, 6.45) is 3.56. The zero-order chi connectivity index (χ0) is 15.7. The van der Waals surface area contributed by atoms with Crippen molar-refractivity contribution in [2.75, 3.05) is 6.54 Å². The molecule has 116 valence electrons. The van der Waals surface area contributed by atoms with Gasteiger partial charge in [0.15, 0.2) is 0 Å². The molecule has 0 radical (unpaired) electrons. The van der Waals surface area contributed by atoms with Crippen molar-refractivity contribution < 1.29 is 4.79 Å². The molecule has 3 nitrogen and oxygen atoms in total. The number of hydrogen-bond donors (Lipinski definition) is 2. The fraction of sp³-hybridized carbons (Fsp3) is 0.529. The van der Waals surface area contributed by atoms with Gasteiger partial charge in [0.1, 0.15) is 0 Å². The predicted octanol–water partition coefficient (Wildman–Crippen LogP) is 3.39. The molecule has 0 fully saturated rings. The molecule has 0 heterocycles. The van der Waals surface area contributed by atoms with E-state index in [9.17, 15) is 4.79 Å². The molecule has 0 aromatic heterocycles. The third kappa shape index (κ3) is 6.25. The van der Waals surface area contributed by atoms with E-state index in [1.54, 1.807) is 0 Å². The minimum absolute atomic E-state index is 0.0771. The van der Waals surface area contributed by atoms with E-state index in [1.807, 2.05) is 30.3 Å². The molecule has 3 N–H and O–H groups in total. The zero-order valence-electron chi connectivity index (χ0n) is 13.0. The number of hydrogen-bond acceptors (Lipinski definition) is 2. The maximum absolute atomic E-state index is 12.5. The van der Waals surface area contributed by atoms with E-state index in [0.717, 1.165) is 31.2 Å². The Morgan fingerprint density at radius 1 is 1.29 bits per heavy atom. The topological polar surface area (TPSA) is 55.1 Å². The summed E-state index contributed by atoms with van der Waals surface area (Å²) in [5.74, 6) is 0.363. The zero-order valence-corrected chi connectivity index (χ0v) is 13.8. The van der Waals surface area contributed by atoms with Gasteiger partial charge in [0, 0.05) is 6.54 Å². The average molecular weight is 306 g/mol. The Kier molecular flexibility index (Phi) is 7.98. The molecule has 0 aliphatic carbocycles. The number of carbonyl (C=O) groups excluding carboxylic acids is 1. The first-order valence-electron chi connectivity index (χ1n) is 7.67. The lowest BCUT2D eigenvalue weighted by Crippen LogP contribution is -2.33. The standard InChI is InChI=1S/C17H26N2OS/c1-3-13(2)16(14-9-5-4-6-10-14)17(20)19-12-8-7-11-15(18)21/h4-6,9-10,13,16H,3,7-8,11-12H2,1-2H3,(H2,18,21)(H,19,20). The molecule has 4 heteroatoms. The molecule has 1 amide bonds. The van der Waals surface area contributed by atoms with E-state index in [0.29, 0.717) is 17.5 Å². The summed E-state index contributed by atoms with van der Waals surface area (Å²) in [6, 6.07) is 10.0.